The molecule has 0 heterocycles. The van der Waals surface area contributed by atoms with Crippen molar-refractivity contribution in [2.24, 2.45) is 5.50 Å². The lowest BCUT2D eigenvalue weighted by atomic mass is 10.3. The quantitative estimate of drug-likeness (QED) is 0.424. The van der Waals surface area contributed by atoms with Gasteiger partial charge in [-0.25, -0.2) is 0 Å². The molecule has 0 aliphatic carbocycles. The summed E-state index contributed by atoms with van der Waals surface area (Å²) in [6.45, 7) is 0.179. The Kier molecular flexibility index (Phi) is 4.62. The van der Waals surface area contributed by atoms with E-state index in [1.165, 1.54) is 0 Å². The topological polar surface area (TPSA) is 58.3 Å². The summed E-state index contributed by atoms with van der Waals surface area (Å²) >= 11 is 4.53. The molecule has 1 unspecified atom stereocenters. The van der Waals surface area contributed by atoms with Gasteiger partial charge in [0.2, 0.25) is 0 Å². The molecule has 0 saturated carbocycles. The highest BCUT2D eigenvalue weighted by atomic mass is 32.4. The van der Waals surface area contributed by atoms with Gasteiger partial charge in [0.15, 0.2) is 6.57 Å². The summed E-state index contributed by atoms with van der Waals surface area (Å²) < 4.78 is 0. The van der Waals surface area contributed by atoms with Crippen LogP contribution in [0, 0.1) is 0 Å². The van der Waals surface area contributed by atoms with Crippen LogP contribution in [-0.4, -0.2) is 11.4 Å². The predicted octanol–water partition coefficient (Wildman–Crippen LogP) is 0.552. The summed E-state index contributed by atoms with van der Waals surface area (Å²) in [5.41, 5.74) is 5.15. The van der Waals surface area contributed by atoms with E-state index < -0.39 is 6.57 Å². The van der Waals surface area contributed by atoms with E-state index in [1.807, 2.05) is 0 Å². The van der Waals surface area contributed by atoms with Crippen molar-refractivity contribution in [1.82, 2.24) is 5.09 Å². The maximum absolute atomic E-state index is 8.84. The normalized spacial score (nSPS) is 17.2. The number of hydrogen-bond acceptors (Lipinski definition) is 1. The predicted molar refractivity (Wildman–Crippen MR) is 43.6 cm³/mol. The van der Waals surface area contributed by atoms with E-state index in [1.54, 1.807) is 0 Å². The highest BCUT2D eigenvalue weighted by Gasteiger charge is 2.00. The maximum Gasteiger partial charge on any atom is 0.192 e. The summed E-state index contributed by atoms with van der Waals surface area (Å²) in [6, 6.07) is 0. The first-order valence-corrected chi connectivity index (χ1v) is 5.75. The van der Waals surface area contributed by atoms with Gasteiger partial charge in [0.1, 0.15) is 0 Å². The Morgan fingerprint density at radius 1 is 1.78 bits per heavy atom. The highest BCUT2D eigenvalue weighted by Crippen LogP contribution is 2.22. The lowest BCUT2D eigenvalue weighted by molar-refractivity contribution is 0.598. The van der Waals surface area contributed by atoms with Crippen molar-refractivity contribution in [3.63, 3.8) is 0 Å². The van der Waals surface area contributed by atoms with Crippen molar-refractivity contribution >= 4 is 18.4 Å². The van der Waals surface area contributed by atoms with Crippen molar-refractivity contribution in [3.05, 3.63) is 0 Å². The molecule has 0 amide bonds. The highest BCUT2D eigenvalue weighted by molar-refractivity contribution is 8.09. The van der Waals surface area contributed by atoms with E-state index >= 15 is 0 Å². The largest absolute Gasteiger partial charge is 0.343 e. The van der Waals surface area contributed by atoms with Crippen LogP contribution < -0.4 is 10.6 Å². The molecule has 0 bridgehead atoms. The van der Waals surface area contributed by atoms with Crippen LogP contribution in [0.1, 0.15) is 19.8 Å². The molecule has 9 heavy (non-hydrogen) atoms. The fraction of sp³-hybridized carbons (Fsp3) is 1.00. The zero-order chi connectivity index (χ0) is 7.33. The van der Waals surface area contributed by atoms with Gasteiger partial charge in [-0.05, 0) is 18.2 Å². The van der Waals surface area contributed by atoms with Crippen LogP contribution in [0.3, 0.4) is 0 Å². The molecule has 0 aliphatic heterocycles. The molecule has 4 N–H and O–H groups in total. The lowest BCUT2D eigenvalue weighted by Gasteiger charge is -2.08. The molecule has 5 heteroatoms. The van der Waals surface area contributed by atoms with Gasteiger partial charge in [0, 0.05) is 6.54 Å². The first kappa shape index (κ1) is 9.53. The molecule has 0 fully saturated rings. The first-order valence-electron chi connectivity index (χ1n) is 2.93. The second kappa shape index (κ2) is 4.36. The number of unbranched alkanes of at least 4 members (excludes halogenated alkanes) is 1. The minimum Gasteiger partial charge on any atom is -0.343 e. The van der Waals surface area contributed by atoms with Crippen LogP contribution in [0.5, 0.6) is 0 Å². The Hall–Kier alpha value is 0.530. The first-order chi connectivity index (χ1) is 4.06. The Morgan fingerprint density at radius 2 is 2.33 bits per heavy atom. The van der Waals surface area contributed by atoms with Crippen LogP contribution >= 0.6 is 6.57 Å². The molecule has 0 rings (SSSR count). The van der Waals surface area contributed by atoms with Gasteiger partial charge in [-0.2, -0.15) is 0 Å². The third-order valence-electron chi connectivity index (χ3n) is 0.869. The summed E-state index contributed by atoms with van der Waals surface area (Å²) in [5, 5.41) is 2.68. The van der Waals surface area contributed by atoms with E-state index in [0.29, 0.717) is 0 Å². The summed E-state index contributed by atoms with van der Waals surface area (Å²) in [7, 11) is 0. The van der Waals surface area contributed by atoms with Gasteiger partial charge in [-0.15, -0.1) is 0 Å². The van der Waals surface area contributed by atoms with Crippen molar-refractivity contribution < 1.29 is 4.89 Å². The van der Waals surface area contributed by atoms with E-state index in [-0.39, 0.29) is 0 Å². The fourth-order valence-corrected chi connectivity index (χ4v) is 1.17. The van der Waals surface area contributed by atoms with Gasteiger partial charge >= 0.3 is 0 Å². The second-order valence-electron chi connectivity index (χ2n) is 1.88. The molecule has 0 aromatic carbocycles. The molecule has 56 valence electrons. The maximum atomic E-state index is 8.84. The Bertz CT molecular complexity index is 113. The smallest absolute Gasteiger partial charge is 0.192 e. The molecule has 0 aromatic heterocycles. The standard InChI is InChI=1S/C4H13N2OPS/c1-2-3-4-6-8(5,7)9/h2-4H2,1H3,(H4,5,6,7,9). The molecular formula is C4H13N2OPS. The van der Waals surface area contributed by atoms with Gasteiger partial charge in [0.05, 0.1) is 0 Å². The number of nitrogens with one attached hydrogen (secondary N) is 1. The summed E-state index contributed by atoms with van der Waals surface area (Å²) in [5.74, 6) is 0. The number of hydrogen-bond donors (Lipinski definition) is 3. The minimum atomic E-state index is -2.61. The van der Waals surface area contributed by atoms with Crippen LogP contribution in [0.15, 0.2) is 0 Å². The molecule has 0 spiro atoms. The molecule has 1 atom stereocenters. The van der Waals surface area contributed by atoms with Crippen LogP contribution in [0.25, 0.3) is 0 Å². The van der Waals surface area contributed by atoms with Crippen molar-refractivity contribution in [3.8, 4) is 0 Å². The van der Waals surface area contributed by atoms with Crippen LogP contribution in [0.4, 0.5) is 0 Å². The van der Waals surface area contributed by atoms with Gasteiger partial charge in [0.25, 0.3) is 0 Å². The van der Waals surface area contributed by atoms with Gasteiger partial charge in [-0.1, -0.05) is 13.3 Å². The van der Waals surface area contributed by atoms with Gasteiger partial charge in [-0.3, -0.25) is 10.6 Å². The Labute approximate surface area is 60.8 Å². The fourth-order valence-electron chi connectivity index (χ4n) is 0.416. The molecule has 0 radical (unpaired) electrons. The van der Waals surface area contributed by atoms with Crippen LogP contribution in [0.2, 0.25) is 0 Å². The average Bonchev–Trinajstić information content (AvgIpc) is 1.63. The summed E-state index contributed by atoms with van der Waals surface area (Å²) in [6.07, 6.45) is 2.10. The minimum absolute atomic E-state index is 0.723. The number of nitrogens with two attached hydrogens (primary N) is 1. The van der Waals surface area contributed by atoms with E-state index in [9.17, 15) is 0 Å². The van der Waals surface area contributed by atoms with E-state index in [2.05, 4.69) is 23.8 Å². The molecule has 0 saturated heterocycles. The lowest BCUT2D eigenvalue weighted by Crippen LogP contribution is -2.16. The zero-order valence-corrected chi connectivity index (χ0v) is 7.21. The van der Waals surface area contributed by atoms with Crippen molar-refractivity contribution in [2.75, 3.05) is 6.54 Å². The zero-order valence-electron chi connectivity index (χ0n) is 5.50. The molecule has 0 aliphatic rings. The van der Waals surface area contributed by atoms with Crippen LogP contribution in [-0.2, 0) is 11.8 Å². The number of rotatable bonds is 4. The van der Waals surface area contributed by atoms with Crippen molar-refractivity contribution in [2.45, 2.75) is 19.8 Å². The molecule has 3 nitrogen and oxygen atoms in total. The van der Waals surface area contributed by atoms with Gasteiger partial charge < -0.3 is 4.89 Å². The van der Waals surface area contributed by atoms with E-state index in [0.717, 1.165) is 19.4 Å². The Morgan fingerprint density at radius 3 is 2.67 bits per heavy atom. The average molecular weight is 168 g/mol. The van der Waals surface area contributed by atoms with Crippen molar-refractivity contribution in [1.29, 1.82) is 0 Å². The molecular weight excluding hydrogens is 155 g/mol. The van der Waals surface area contributed by atoms with E-state index in [4.69, 9.17) is 10.4 Å². The third-order valence-corrected chi connectivity index (χ3v) is 1.93. The molecule has 0 aromatic rings. The third kappa shape index (κ3) is 8.53. The Balaban J connectivity index is 3.18. The second-order valence-corrected chi connectivity index (χ2v) is 5.12. The summed E-state index contributed by atoms with van der Waals surface area (Å²) in [4.78, 5) is 8.84. The SMILES string of the molecule is CCCCNP(N)(O)=S. The monoisotopic (exact) mass is 168 g/mol.